The lowest BCUT2D eigenvalue weighted by Crippen LogP contribution is -2.47. The topological polar surface area (TPSA) is 42.4 Å². The van der Waals surface area contributed by atoms with Crippen LogP contribution in [0.5, 0.6) is 0 Å². The molecule has 1 aromatic rings. The molecule has 3 nitrogen and oxygen atoms in total. The SMILES string of the molecule is CCOC1(C(O)Cc2csc(C)n2)CCCCC1. The highest BCUT2D eigenvalue weighted by atomic mass is 32.1. The number of aliphatic hydroxyl groups excluding tert-OH is 1. The van der Waals surface area contributed by atoms with Crippen LogP contribution < -0.4 is 0 Å². The predicted molar refractivity (Wildman–Crippen MR) is 74.0 cm³/mol. The molecule has 1 fully saturated rings. The van der Waals surface area contributed by atoms with Gasteiger partial charge in [0.15, 0.2) is 0 Å². The van der Waals surface area contributed by atoms with Crippen LogP contribution in [-0.4, -0.2) is 28.4 Å². The lowest BCUT2D eigenvalue weighted by Gasteiger charge is -2.40. The number of aromatic nitrogens is 1. The molecule has 0 spiro atoms. The highest BCUT2D eigenvalue weighted by molar-refractivity contribution is 7.09. The molecule has 1 heterocycles. The molecule has 1 aliphatic carbocycles. The summed E-state index contributed by atoms with van der Waals surface area (Å²) in [5, 5.41) is 13.7. The quantitative estimate of drug-likeness (QED) is 0.893. The van der Waals surface area contributed by atoms with Crippen LogP contribution in [0, 0.1) is 6.92 Å². The molecular weight excluding hydrogens is 246 g/mol. The van der Waals surface area contributed by atoms with E-state index in [0.717, 1.165) is 36.4 Å². The number of ether oxygens (including phenoxy) is 1. The van der Waals surface area contributed by atoms with Crippen molar-refractivity contribution in [3.63, 3.8) is 0 Å². The van der Waals surface area contributed by atoms with Crippen molar-refractivity contribution in [2.24, 2.45) is 0 Å². The Labute approximate surface area is 113 Å². The maximum atomic E-state index is 10.6. The standard InChI is InChI=1S/C14H23NO2S/c1-3-17-14(7-5-4-6-8-14)13(16)9-12-10-18-11(2)15-12/h10,13,16H,3-9H2,1-2H3. The van der Waals surface area contributed by atoms with E-state index in [9.17, 15) is 5.11 Å². The minimum absolute atomic E-state index is 0.329. The zero-order valence-electron chi connectivity index (χ0n) is 11.3. The minimum Gasteiger partial charge on any atom is -0.390 e. The van der Waals surface area contributed by atoms with E-state index in [1.165, 1.54) is 6.42 Å². The summed E-state index contributed by atoms with van der Waals surface area (Å²) in [5.41, 5.74) is 0.666. The van der Waals surface area contributed by atoms with E-state index in [-0.39, 0.29) is 5.60 Å². The second-order valence-corrected chi connectivity index (χ2v) is 6.20. The molecule has 0 aromatic carbocycles. The average Bonchev–Trinajstić information content (AvgIpc) is 2.76. The van der Waals surface area contributed by atoms with Crippen molar-refractivity contribution >= 4 is 11.3 Å². The maximum Gasteiger partial charge on any atom is 0.0943 e. The smallest absolute Gasteiger partial charge is 0.0943 e. The molecule has 0 bridgehead atoms. The van der Waals surface area contributed by atoms with Gasteiger partial charge in [-0.15, -0.1) is 11.3 Å². The fourth-order valence-corrected chi connectivity index (χ4v) is 3.52. The Bertz CT molecular complexity index is 366. The third-order valence-electron chi connectivity index (χ3n) is 3.81. The molecule has 4 heteroatoms. The summed E-state index contributed by atoms with van der Waals surface area (Å²) in [5.74, 6) is 0. The molecule has 0 radical (unpaired) electrons. The highest BCUT2D eigenvalue weighted by Gasteiger charge is 2.39. The molecule has 1 aromatic heterocycles. The van der Waals surface area contributed by atoms with E-state index in [0.29, 0.717) is 13.0 Å². The van der Waals surface area contributed by atoms with Crippen molar-refractivity contribution in [3.8, 4) is 0 Å². The Morgan fingerprint density at radius 1 is 1.44 bits per heavy atom. The summed E-state index contributed by atoms with van der Waals surface area (Å²) in [7, 11) is 0. The first kappa shape index (κ1) is 14.0. The van der Waals surface area contributed by atoms with Crippen LogP contribution in [0.25, 0.3) is 0 Å². The Morgan fingerprint density at radius 2 is 2.17 bits per heavy atom. The summed E-state index contributed by atoms with van der Waals surface area (Å²) < 4.78 is 5.94. The zero-order chi connectivity index (χ0) is 13.0. The van der Waals surface area contributed by atoms with E-state index in [1.807, 2.05) is 19.2 Å². The molecule has 18 heavy (non-hydrogen) atoms. The van der Waals surface area contributed by atoms with Crippen molar-refractivity contribution in [2.75, 3.05) is 6.61 Å². The summed E-state index contributed by atoms with van der Waals surface area (Å²) in [6.07, 6.45) is 5.72. The molecule has 2 rings (SSSR count). The molecule has 102 valence electrons. The lowest BCUT2D eigenvalue weighted by atomic mass is 9.79. The Morgan fingerprint density at radius 3 is 2.72 bits per heavy atom. The van der Waals surface area contributed by atoms with Crippen LogP contribution in [0.4, 0.5) is 0 Å². The summed E-state index contributed by atoms with van der Waals surface area (Å²) in [4.78, 5) is 4.44. The van der Waals surface area contributed by atoms with Crippen LogP contribution in [0.15, 0.2) is 5.38 Å². The lowest BCUT2D eigenvalue weighted by molar-refractivity contribution is -0.139. The number of rotatable bonds is 5. The van der Waals surface area contributed by atoms with Gasteiger partial charge in [-0.1, -0.05) is 19.3 Å². The number of hydrogen-bond donors (Lipinski definition) is 1. The molecule has 0 aliphatic heterocycles. The van der Waals surface area contributed by atoms with E-state index in [4.69, 9.17) is 4.74 Å². The Kier molecular flexibility index (Phi) is 4.76. The van der Waals surface area contributed by atoms with Crippen molar-refractivity contribution < 1.29 is 9.84 Å². The molecule has 1 unspecified atom stereocenters. The van der Waals surface area contributed by atoms with Crippen LogP contribution in [0.1, 0.15) is 49.7 Å². The number of nitrogens with zero attached hydrogens (tertiary/aromatic N) is 1. The second kappa shape index (κ2) is 6.13. The first-order valence-corrected chi connectivity index (χ1v) is 7.77. The van der Waals surface area contributed by atoms with Crippen LogP contribution >= 0.6 is 11.3 Å². The van der Waals surface area contributed by atoms with Crippen molar-refractivity contribution in [1.29, 1.82) is 0 Å². The Balaban J connectivity index is 2.05. The molecule has 1 aliphatic rings. The maximum absolute atomic E-state index is 10.6. The van der Waals surface area contributed by atoms with E-state index < -0.39 is 6.10 Å². The van der Waals surface area contributed by atoms with Gasteiger partial charge < -0.3 is 9.84 Å². The normalized spacial score (nSPS) is 20.8. The molecular formula is C14H23NO2S. The van der Waals surface area contributed by atoms with E-state index >= 15 is 0 Å². The molecule has 1 atom stereocenters. The van der Waals surface area contributed by atoms with Gasteiger partial charge in [-0.05, 0) is 26.7 Å². The van der Waals surface area contributed by atoms with Crippen LogP contribution in [0.3, 0.4) is 0 Å². The first-order valence-electron chi connectivity index (χ1n) is 6.89. The molecule has 0 saturated heterocycles. The van der Waals surface area contributed by atoms with Gasteiger partial charge in [0.25, 0.3) is 0 Å². The predicted octanol–water partition coefficient (Wildman–Crippen LogP) is 3.09. The van der Waals surface area contributed by atoms with Crippen LogP contribution in [-0.2, 0) is 11.2 Å². The molecule has 1 N–H and O–H groups in total. The fraction of sp³-hybridized carbons (Fsp3) is 0.786. The van der Waals surface area contributed by atoms with Gasteiger partial charge in [-0.3, -0.25) is 0 Å². The number of aliphatic hydroxyl groups is 1. The van der Waals surface area contributed by atoms with E-state index in [2.05, 4.69) is 4.98 Å². The number of hydrogen-bond acceptors (Lipinski definition) is 4. The van der Waals surface area contributed by atoms with Gasteiger partial charge in [0.05, 0.1) is 22.4 Å². The van der Waals surface area contributed by atoms with Crippen LogP contribution in [0.2, 0.25) is 0 Å². The number of thiazole rings is 1. The van der Waals surface area contributed by atoms with Gasteiger partial charge in [0, 0.05) is 18.4 Å². The minimum atomic E-state index is -0.431. The second-order valence-electron chi connectivity index (χ2n) is 5.14. The molecule has 1 saturated carbocycles. The van der Waals surface area contributed by atoms with Gasteiger partial charge in [0.1, 0.15) is 0 Å². The van der Waals surface area contributed by atoms with Crippen molar-refractivity contribution in [1.82, 2.24) is 4.98 Å². The molecule has 0 amide bonds. The largest absolute Gasteiger partial charge is 0.390 e. The monoisotopic (exact) mass is 269 g/mol. The van der Waals surface area contributed by atoms with Gasteiger partial charge in [-0.25, -0.2) is 4.98 Å². The van der Waals surface area contributed by atoms with Crippen molar-refractivity contribution in [2.45, 2.75) is 64.1 Å². The summed E-state index contributed by atoms with van der Waals surface area (Å²) in [6.45, 7) is 4.68. The van der Waals surface area contributed by atoms with Gasteiger partial charge in [0.2, 0.25) is 0 Å². The van der Waals surface area contributed by atoms with E-state index in [1.54, 1.807) is 11.3 Å². The van der Waals surface area contributed by atoms with Gasteiger partial charge >= 0.3 is 0 Å². The third kappa shape index (κ3) is 3.11. The van der Waals surface area contributed by atoms with Crippen molar-refractivity contribution in [3.05, 3.63) is 16.1 Å². The summed E-state index contributed by atoms with van der Waals surface area (Å²) >= 11 is 1.64. The zero-order valence-corrected chi connectivity index (χ0v) is 12.1. The third-order valence-corrected chi connectivity index (χ3v) is 4.63. The fourth-order valence-electron chi connectivity index (χ4n) is 2.90. The first-order chi connectivity index (χ1) is 8.66. The average molecular weight is 269 g/mol. The summed E-state index contributed by atoms with van der Waals surface area (Å²) in [6, 6.07) is 0. The highest BCUT2D eigenvalue weighted by Crippen LogP contribution is 2.35. The van der Waals surface area contributed by atoms with Gasteiger partial charge in [-0.2, -0.15) is 0 Å². The Hall–Kier alpha value is -0.450. The number of aryl methyl sites for hydroxylation is 1.